The Hall–Kier alpha value is -1.55. The number of aliphatic hydroxyl groups is 1. The summed E-state index contributed by atoms with van der Waals surface area (Å²) >= 11 is 0. The van der Waals surface area contributed by atoms with Gasteiger partial charge in [0.1, 0.15) is 0 Å². The van der Waals surface area contributed by atoms with E-state index in [0.29, 0.717) is 5.56 Å². The maximum atomic E-state index is 11.9. The van der Waals surface area contributed by atoms with E-state index in [0.717, 1.165) is 25.1 Å². The molecule has 0 aromatic heterocycles. The third-order valence-electron chi connectivity index (χ3n) is 4.07. The molecule has 1 rings (SSSR count). The summed E-state index contributed by atoms with van der Waals surface area (Å²) in [5, 5.41) is 15.8. The van der Waals surface area contributed by atoms with Gasteiger partial charge in [-0.15, -0.1) is 0 Å². The standard InChI is InChI=1S/C17H28N2O2/c1-5-17(6-2,12-20)11-18-15-9-7-14(8-10-15)16(21)19-13(3)4/h7-10,13,18,20H,5-6,11-12H2,1-4H3,(H,19,21). The van der Waals surface area contributed by atoms with Crippen molar-refractivity contribution >= 4 is 11.6 Å². The molecular weight excluding hydrogens is 264 g/mol. The summed E-state index contributed by atoms with van der Waals surface area (Å²) in [6.07, 6.45) is 1.86. The van der Waals surface area contributed by atoms with Crippen molar-refractivity contribution in [2.75, 3.05) is 18.5 Å². The van der Waals surface area contributed by atoms with Crippen LogP contribution in [0.15, 0.2) is 24.3 Å². The van der Waals surface area contributed by atoms with Crippen LogP contribution in [0.2, 0.25) is 0 Å². The van der Waals surface area contributed by atoms with Crippen LogP contribution in [-0.4, -0.2) is 30.2 Å². The molecule has 0 radical (unpaired) electrons. The van der Waals surface area contributed by atoms with E-state index in [4.69, 9.17) is 0 Å². The first-order valence-electron chi connectivity index (χ1n) is 7.72. The average Bonchev–Trinajstić information content (AvgIpc) is 2.49. The lowest BCUT2D eigenvalue weighted by Gasteiger charge is -2.30. The quantitative estimate of drug-likeness (QED) is 0.690. The van der Waals surface area contributed by atoms with E-state index in [1.54, 1.807) is 0 Å². The topological polar surface area (TPSA) is 61.4 Å². The number of rotatable bonds is 8. The summed E-state index contributed by atoms with van der Waals surface area (Å²) in [6, 6.07) is 7.58. The van der Waals surface area contributed by atoms with Gasteiger partial charge in [-0.3, -0.25) is 4.79 Å². The van der Waals surface area contributed by atoms with E-state index >= 15 is 0 Å². The molecule has 118 valence electrons. The van der Waals surface area contributed by atoms with Crippen LogP contribution in [0.1, 0.15) is 50.9 Å². The van der Waals surface area contributed by atoms with Crippen molar-refractivity contribution < 1.29 is 9.90 Å². The maximum Gasteiger partial charge on any atom is 0.251 e. The average molecular weight is 292 g/mol. The van der Waals surface area contributed by atoms with Gasteiger partial charge in [-0.05, 0) is 51.0 Å². The minimum absolute atomic E-state index is 0.0524. The normalized spacial score (nSPS) is 11.5. The summed E-state index contributed by atoms with van der Waals surface area (Å²) in [5.41, 5.74) is 1.55. The Bertz CT molecular complexity index is 428. The van der Waals surface area contributed by atoms with Crippen molar-refractivity contribution in [2.45, 2.75) is 46.6 Å². The zero-order valence-corrected chi connectivity index (χ0v) is 13.6. The first kappa shape index (κ1) is 17.5. The molecule has 0 saturated carbocycles. The minimum atomic E-state index is -0.0757. The molecule has 1 aromatic rings. The zero-order valence-electron chi connectivity index (χ0n) is 13.6. The van der Waals surface area contributed by atoms with E-state index in [1.807, 2.05) is 38.1 Å². The van der Waals surface area contributed by atoms with Gasteiger partial charge < -0.3 is 15.7 Å². The van der Waals surface area contributed by atoms with E-state index in [-0.39, 0.29) is 24.0 Å². The van der Waals surface area contributed by atoms with E-state index in [9.17, 15) is 9.90 Å². The highest BCUT2D eigenvalue weighted by atomic mass is 16.3. The highest BCUT2D eigenvalue weighted by Crippen LogP contribution is 2.26. The van der Waals surface area contributed by atoms with Crippen LogP contribution in [0.25, 0.3) is 0 Å². The fourth-order valence-electron chi connectivity index (χ4n) is 2.15. The summed E-state index contributed by atoms with van der Waals surface area (Å²) in [4.78, 5) is 11.9. The number of benzene rings is 1. The Morgan fingerprint density at radius 2 is 1.76 bits per heavy atom. The highest BCUT2D eigenvalue weighted by Gasteiger charge is 2.24. The van der Waals surface area contributed by atoms with Gasteiger partial charge in [-0.2, -0.15) is 0 Å². The van der Waals surface area contributed by atoms with Crippen molar-refractivity contribution in [2.24, 2.45) is 5.41 Å². The second kappa shape index (κ2) is 8.03. The molecule has 0 heterocycles. The molecule has 0 unspecified atom stereocenters. The molecule has 0 aliphatic carbocycles. The van der Waals surface area contributed by atoms with Crippen molar-refractivity contribution in [3.8, 4) is 0 Å². The Morgan fingerprint density at radius 3 is 2.19 bits per heavy atom. The van der Waals surface area contributed by atoms with Crippen molar-refractivity contribution in [3.63, 3.8) is 0 Å². The molecule has 0 aliphatic rings. The summed E-state index contributed by atoms with van der Waals surface area (Å²) in [5.74, 6) is -0.0524. The number of hydrogen-bond acceptors (Lipinski definition) is 3. The molecule has 4 heteroatoms. The van der Waals surface area contributed by atoms with Crippen LogP contribution in [0.3, 0.4) is 0 Å². The third kappa shape index (κ3) is 5.05. The molecule has 0 saturated heterocycles. The lowest BCUT2D eigenvalue weighted by molar-refractivity contribution is 0.0943. The number of carbonyl (C=O) groups is 1. The Morgan fingerprint density at radius 1 is 1.19 bits per heavy atom. The van der Waals surface area contributed by atoms with Crippen LogP contribution in [0.4, 0.5) is 5.69 Å². The molecule has 1 aromatic carbocycles. The number of carbonyl (C=O) groups excluding carboxylic acids is 1. The Balaban J connectivity index is 2.64. The van der Waals surface area contributed by atoms with Gasteiger partial charge in [0.25, 0.3) is 5.91 Å². The highest BCUT2D eigenvalue weighted by molar-refractivity contribution is 5.94. The summed E-state index contributed by atoms with van der Waals surface area (Å²) in [6.45, 7) is 8.99. The van der Waals surface area contributed by atoms with Crippen LogP contribution < -0.4 is 10.6 Å². The predicted molar refractivity (Wildman–Crippen MR) is 87.6 cm³/mol. The monoisotopic (exact) mass is 292 g/mol. The van der Waals surface area contributed by atoms with Gasteiger partial charge in [0.15, 0.2) is 0 Å². The van der Waals surface area contributed by atoms with E-state index < -0.39 is 0 Å². The second-order valence-electron chi connectivity index (χ2n) is 5.92. The van der Waals surface area contributed by atoms with Gasteiger partial charge in [0.2, 0.25) is 0 Å². The second-order valence-corrected chi connectivity index (χ2v) is 5.92. The lowest BCUT2D eigenvalue weighted by atomic mass is 9.83. The number of amides is 1. The fourth-order valence-corrected chi connectivity index (χ4v) is 2.15. The van der Waals surface area contributed by atoms with Gasteiger partial charge >= 0.3 is 0 Å². The first-order valence-corrected chi connectivity index (χ1v) is 7.72. The molecule has 1 amide bonds. The van der Waals surface area contributed by atoms with Crippen LogP contribution >= 0.6 is 0 Å². The Labute approximate surface area is 128 Å². The molecule has 0 bridgehead atoms. The molecule has 4 nitrogen and oxygen atoms in total. The number of hydrogen-bond donors (Lipinski definition) is 3. The zero-order chi connectivity index (χ0) is 15.9. The van der Waals surface area contributed by atoms with Gasteiger partial charge in [0, 0.05) is 29.3 Å². The van der Waals surface area contributed by atoms with Crippen LogP contribution in [0, 0.1) is 5.41 Å². The van der Waals surface area contributed by atoms with Crippen LogP contribution in [-0.2, 0) is 0 Å². The fraction of sp³-hybridized carbons (Fsp3) is 0.588. The van der Waals surface area contributed by atoms with Crippen LogP contribution in [0.5, 0.6) is 0 Å². The Kier molecular flexibility index (Phi) is 6.69. The van der Waals surface area contributed by atoms with Crippen molar-refractivity contribution in [3.05, 3.63) is 29.8 Å². The van der Waals surface area contributed by atoms with E-state index in [1.165, 1.54) is 0 Å². The first-order chi connectivity index (χ1) is 9.96. The molecule has 21 heavy (non-hydrogen) atoms. The molecule has 0 atom stereocenters. The maximum absolute atomic E-state index is 11.9. The van der Waals surface area contributed by atoms with Crippen molar-refractivity contribution in [1.82, 2.24) is 5.32 Å². The number of nitrogens with one attached hydrogen (secondary N) is 2. The van der Waals surface area contributed by atoms with Gasteiger partial charge in [-0.1, -0.05) is 13.8 Å². The third-order valence-corrected chi connectivity index (χ3v) is 4.07. The minimum Gasteiger partial charge on any atom is -0.396 e. The molecule has 0 spiro atoms. The molecule has 0 fully saturated rings. The smallest absolute Gasteiger partial charge is 0.251 e. The molecule has 3 N–H and O–H groups in total. The number of aliphatic hydroxyl groups excluding tert-OH is 1. The lowest BCUT2D eigenvalue weighted by Crippen LogP contribution is -2.32. The largest absolute Gasteiger partial charge is 0.396 e. The molecular formula is C17H28N2O2. The SMILES string of the molecule is CCC(CC)(CO)CNc1ccc(C(=O)NC(C)C)cc1. The van der Waals surface area contributed by atoms with Gasteiger partial charge in [0.05, 0.1) is 6.61 Å². The summed E-state index contributed by atoms with van der Waals surface area (Å²) in [7, 11) is 0. The van der Waals surface area contributed by atoms with Crippen molar-refractivity contribution in [1.29, 1.82) is 0 Å². The van der Waals surface area contributed by atoms with Gasteiger partial charge in [-0.25, -0.2) is 0 Å². The summed E-state index contributed by atoms with van der Waals surface area (Å²) < 4.78 is 0. The predicted octanol–water partition coefficient (Wildman–Crippen LogP) is 3.04. The number of anilines is 1. The molecule has 0 aliphatic heterocycles. The van der Waals surface area contributed by atoms with E-state index in [2.05, 4.69) is 24.5 Å².